The molecule has 0 radical (unpaired) electrons. The number of carboxylic acids is 1. The molecule has 2 N–H and O–H groups in total. The average molecular weight is 384 g/mol. The number of nitrogens with one attached hydrogen (secondary N) is 1. The van der Waals surface area contributed by atoms with Gasteiger partial charge in [0.05, 0.1) is 17.3 Å². The maximum absolute atomic E-state index is 14.9. The molecule has 1 aliphatic carbocycles. The summed E-state index contributed by atoms with van der Waals surface area (Å²) in [4.78, 5) is 30.3. The van der Waals surface area contributed by atoms with Crippen LogP contribution in [0.3, 0.4) is 0 Å². The largest absolute Gasteiger partial charge is 0.477 e. The highest BCUT2D eigenvalue weighted by atomic mass is 19.1. The number of carboxylic acid groups (broad SMARTS) is 1. The van der Waals surface area contributed by atoms with Crippen molar-refractivity contribution in [2.24, 2.45) is 0 Å². The molecule has 1 saturated carbocycles. The zero-order valence-electron chi connectivity index (χ0n) is 14.8. The molecular weight excluding hydrogens is 367 g/mol. The quantitative estimate of drug-likeness (QED) is 0.703. The molecule has 28 heavy (non-hydrogen) atoms. The SMILES string of the molecule is O=C(O)c1cn(C2CC2)c2nc(N3CC[C@H](c4cn[nH]n4)C3)c(F)cc2c1=O. The van der Waals surface area contributed by atoms with Crippen LogP contribution >= 0.6 is 0 Å². The smallest absolute Gasteiger partial charge is 0.341 e. The predicted octanol–water partition coefficient (Wildman–Crippen LogP) is 1.68. The summed E-state index contributed by atoms with van der Waals surface area (Å²) < 4.78 is 16.6. The van der Waals surface area contributed by atoms with Crippen molar-refractivity contribution in [2.75, 3.05) is 18.0 Å². The molecule has 2 aliphatic rings. The molecule has 9 nitrogen and oxygen atoms in total. The minimum absolute atomic E-state index is 0.000276. The van der Waals surface area contributed by atoms with E-state index in [1.165, 1.54) is 6.20 Å². The number of fused-ring (bicyclic) bond motifs is 1. The van der Waals surface area contributed by atoms with Gasteiger partial charge in [-0.25, -0.2) is 14.2 Å². The van der Waals surface area contributed by atoms with Gasteiger partial charge in [-0.3, -0.25) is 4.79 Å². The number of halogens is 1. The van der Waals surface area contributed by atoms with Crippen molar-refractivity contribution in [1.29, 1.82) is 0 Å². The second-order valence-corrected chi connectivity index (χ2v) is 7.31. The standard InChI is InChI=1S/C18H17FN6O3/c19-13-5-11-15(26)12(18(27)28)8-25(10-1-2-10)16(11)21-17(13)24-4-3-9(7-24)14-6-20-23-22-14/h5-6,8-10H,1-4,7H2,(H,27,28)(H,20,22,23)/t9-/m0/s1. The lowest BCUT2D eigenvalue weighted by Crippen LogP contribution is -2.24. The number of carbonyl (C=O) groups is 1. The molecule has 0 spiro atoms. The molecule has 0 unspecified atom stereocenters. The minimum atomic E-state index is -1.32. The third kappa shape index (κ3) is 2.63. The van der Waals surface area contributed by atoms with Gasteiger partial charge in [0.2, 0.25) is 5.43 Å². The summed E-state index contributed by atoms with van der Waals surface area (Å²) in [6.07, 6.45) is 5.55. The van der Waals surface area contributed by atoms with Gasteiger partial charge >= 0.3 is 5.97 Å². The highest BCUT2D eigenvalue weighted by Crippen LogP contribution is 2.37. The molecule has 10 heteroatoms. The zero-order chi connectivity index (χ0) is 19.4. The number of hydrogen-bond donors (Lipinski definition) is 2. The van der Waals surface area contributed by atoms with E-state index in [9.17, 15) is 19.1 Å². The maximum Gasteiger partial charge on any atom is 0.341 e. The molecular formula is C18H17FN6O3. The van der Waals surface area contributed by atoms with Crippen LogP contribution in [0.4, 0.5) is 10.2 Å². The normalized spacial score (nSPS) is 19.5. The fourth-order valence-electron chi connectivity index (χ4n) is 3.84. The van der Waals surface area contributed by atoms with Gasteiger partial charge in [0.1, 0.15) is 11.2 Å². The summed E-state index contributed by atoms with van der Waals surface area (Å²) in [6, 6.07) is 1.21. The Balaban J connectivity index is 1.60. The summed E-state index contributed by atoms with van der Waals surface area (Å²) in [7, 11) is 0. The zero-order valence-corrected chi connectivity index (χ0v) is 14.8. The number of hydrogen-bond acceptors (Lipinski definition) is 6. The van der Waals surface area contributed by atoms with E-state index in [1.54, 1.807) is 10.8 Å². The molecule has 5 rings (SSSR count). The number of pyridine rings is 2. The highest BCUT2D eigenvalue weighted by Gasteiger charge is 2.31. The van der Waals surface area contributed by atoms with Gasteiger partial charge in [-0.1, -0.05) is 0 Å². The lowest BCUT2D eigenvalue weighted by atomic mass is 10.1. The van der Waals surface area contributed by atoms with Crippen LogP contribution in [0.2, 0.25) is 0 Å². The molecule has 3 aromatic heterocycles. The van der Waals surface area contributed by atoms with Gasteiger partial charge in [-0.2, -0.15) is 15.4 Å². The molecule has 4 heterocycles. The number of aromatic amines is 1. The van der Waals surface area contributed by atoms with Crippen molar-refractivity contribution < 1.29 is 14.3 Å². The van der Waals surface area contributed by atoms with Gasteiger partial charge in [-0.05, 0) is 25.3 Å². The third-order valence-corrected chi connectivity index (χ3v) is 5.45. The topological polar surface area (TPSA) is 117 Å². The van der Waals surface area contributed by atoms with E-state index in [0.717, 1.165) is 31.0 Å². The second-order valence-electron chi connectivity index (χ2n) is 7.31. The Labute approximate surface area is 157 Å². The molecule has 2 fully saturated rings. The Hall–Kier alpha value is -3.30. The number of rotatable bonds is 4. The molecule has 0 bridgehead atoms. The van der Waals surface area contributed by atoms with E-state index in [4.69, 9.17) is 0 Å². The fraction of sp³-hybridized carbons (Fsp3) is 0.389. The van der Waals surface area contributed by atoms with Crippen molar-refractivity contribution in [3.05, 3.63) is 45.8 Å². The first-order valence-corrected chi connectivity index (χ1v) is 9.12. The molecule has 1 saturated heterocycles. The Morgan fingerprint density at radius 1 is 1.32 bits per heavy atom. The van der Waals surface area contributed by atoms with Crippen molar-refractivity contribution in [3.8, 4) is 0 Å². The Bertz CT molecular complexity index is 1140. The summed E-state index contributed by atoms with van der Waals surface area (Å²) in [5.41, 5.74) is 0.0864. The molecule has 144 valence electrons. The van der Waals surface area contributed by atoms with Crippen LogP contribution in [0.5, 0.6) is 0 Å². The van der Waals surface area contributed by atoms with E-state index in [-0.39, 0.29) is 28.7 Å². The highest BCUT2D eigenvalue weighted by molar-refractivity contribution is 5.92. The number of nitrogens with zero attached hydrogens (tertiary/aromatic N) is 5. The van der Waals surface area contributed by atoms with Crippen LogP contribution in [0.15, 0.2) is 23.3 Å². The number of H-pyrrole nitrogens is 1. The van der Waals surface area contributed by atoms with Crippen molar-refractivity contribution >= 4 is 22.8 Å². The van der Waals surface area contributed by atoms with Crippen molar-refractivity contribution in [2.45, 2.75) is 31.2 Å². The van der Waals surface area contributed by atoms with Crippen LogP contribution in [0.25, 0.3) is 11.0 Å². The van der Waals surface area contributed by atoms with E-state index < -0.39 is 17.2 Å². The van der Waals surface area contributed by atoms with E-state index >= 15 is 0 Å². The van der Waals surface area contributed by atoms with Crippen LogP contribution in [-0.2, 0) is 0 Å². The third-order valence-electron chi connectivity index (χ3n) is 5.45. The molecule has 1 atom stereocenters. The minimum Gasteiger partial charge on any atom is -0.477 e. The number of aromatic nitrogens is 5. The van der Waals surface area contributed by atoms with Crippen LogP contribution in [-0.4, -0.2) is 49.1 Å². The van der Waals surface area contributed by atoms with E-state index in [1.807, 2.05) is 4.90 Å². The Morgan fingerprint density at radius 2 is 2.14 bits per heavy atom. The lowest BCUT2D eigenvalue weighted by Gasteiger charge is -2.19. The Kier molecular flexibility index (Phi) is 3.68. The summed E-state index contributed by atoms with van der Waals surface area (Å²) in [5, 5.41) is 19.8. The molecule has 0 aromatic carbocycles. The van der Waals surface area contributed by atoms with Crippen molar-refractivity contribution in [3.63, 3.8) is 0 Å². The van der Waals surface area contributed by atoms with Crippen molar-refractivity contribution in [1.82, 2.24) is 25.0 Å². The summed E-state index contributed by atoms with van der Waals surface area (Å²) >= 11 is 0. The molecule has 0 amide bonds. The lowest BCUT2D eigenvalue weighted by molar-refractivity contribution is 0.0695. The molecule has 3 aromatic rings. The van der Waals surface area contributed by atoms with Crippen LogP contribution in [0.1, 0.15) is 47.3 Å². The average Bonchev–Trinajstić information content (AvgIpc) is 3.16. The predicted molar refractivity (Wildman–Crippen MR) is 97.1 cm³/mol. The first kappa shape index (κ1) is 16.8. The van der Waals surface area contributed by atoms with Gasteiger partial charge < -0.3 is 14.6 Å². The van der Waals surface area contributed by atoms with Gasteiger partial charge in [0.25, 0.3) is 0 Å². The fourth-order valence-corrected chi connectivity index (χ4v) is 3.84. The second kappa shape index (κ2) is 6.11. The number of aromatic carboxylic acids is 1. The van der Waals surface area contributed by atoms with E-state index in [0.29, 0.717) is 18.7 Å². The maximum atomic E-state index is 14.9. The Morgan fingerprint density at radius 3 is 2.82 bits per heavy atom. The van der Waals surface area contributed by atoms with Gasteiger partial charge in [-0.15, -0.1) is 0 Å². The van der Waals surface area contributed by atoms with Gasteiger partial charge in [0.15, 0.2) is 11.6 Å². The first-order chi connectivity index (χ1) is 13.5. The molecule has 1 aliphatic heterocycles. The van der Waals surface area contributed by atoms with Gasteiger partial charge in [0, 0.05) is 31.2 Å². The number of anilines is 1. The van der Waals surface area contributed by atoms with Crippen LogP contribution < -0.4 is 10.3 Å². The summed E-state index contributed by atoms with van der Waals surface area (Å²) in [6.45, 7) is 1.15. The monoisotopic (exact) mass is 384 g/mol. The van der Waals surface area contributed by atoms with Crippen LogP contribution in [0, 0.1) is 5.82 Å². The summed E-state index contributed by atoms with van der Waals surface area (Å²) in [5.74, 6) is -1.65. The van der Waals surface area contributed by atoms with E-state index in [2.05, 4.69) is 20.4 Å². The first-order valence-electron chi connectivity index (χ1n) is 9.12.